The largest absolute Gasteiger partial charge is 0.314 e. The third-order valence-electron chi connectivity index (χ3n) is 5.01. The van der Waals surface area contributed by atoms with Crippen LogP contribution in [0.5, 0.6) is 0 Å². The van der Waals surface area contributed by atoms with Crippen LogP contribution < -0.4 is 5.32 Å². The molecular weight excluding hydrogens is 222 g/mol. The summed E-state index contributed by atoms with van der Waals surface area (Å²) >= 11 is 0. The van der Waals surface area contributed by atoms with Gasteiger partial charge in [-0.25, -0.2) is 0 Å². The molecule has 3 nitrogen and oxygen atoms in total. The van der Waals surface area contributed by atoms with Crippen molar-refractivity contribution in [3.05, 3.63) is 0 Å². The van der Waals surface area contributed by atoms with Crippen LogP contribution in [0.2, 0.25) is 0 Å². The summed E-state index contributed by atoms with van der Waals surface area (Å²) in [4.78, 5) is 5.19. The van der Waals surface area contributed by atoms with Crippen LogP contribution in [0.1, 0.15) is 46.5 Å². The van der Waals surface area contributed by atoms with E-state index >= 15 is 0 Å². The zero-order valence-electron chi connectivity index (χ0n) is 12.7. The summed E-state index contributed by atoms with van der Waals surface area (Å²) in [7, 11) is 2.25. The molecule has 0 aromatic carbocycles. The minimum atomic E-state index is 0.326. The van der Waals surface area contributed by atoms with Crippen molar-refractivity contribution in [2.24, 2.45) is 0 Å². The summed E-state index contributed by atoms with van der Waals surface area (Å²) in [5.41, 5.74) is 0.326. The zero-order chi connectivity index (χ0) is 13.2. The average molecular weight is 253 g/mol. The predicted octanol–water partition coefficient (Wildman–Crippen LogP) is 1.93. The molecule has 106 valence electrons. The molecule has 1 N–H and O–H groups in total. The summed E-state index contributed by atoms with van der Waals surface area (Å²) in [6.45, 7) is 12.0. The number of nitrogens with one attached hydrogen (secondary N) is 1. The quantitative estimate of drug-likeness (QED) is 0.829. The maximum atomic E-state index is 3.68. The minimum Gasteiger partial charge on any atom is -0.314 e. The van der Waals surface area contributed by atoms with Gasteiger partial charge < -0.3 is 5.32 Å². The monoisotopic (exact) mass is 253 g/mol. The van der Waals surface area contributed by atoms with Gasteiger partial charge in [0.25, 0.3) is 0 Å². The topological polar surface area (TPSA) is 18.5 Å². The summed E-state index contributed by atoms with van der Waals surface area (Å²) < 4.78 is 0. The van der Waals surface area contributed by atoms with Gasteiger partial charge in [0.2, 0.25) is 0 Å². The molecule has 2 unspecified atom stereocenters. The van der Waals surface area contributed by atoms with E-state index in [4.69, 9.17) is 0 Å². The van der Waals surface area contributed by atoms with E-state index in [1.165, 1.54) is 51.9 Å². The van der Waals surface area contributed by atoms with E-state index in [1.807, 2.05) is 0 Å². The van der Waals surface area contributed by atoms with E-state index < -0.39 is 0 Å². The van der Waals surface area contributed by atoms with Gasteiger partial charge in [0, 0.05) is 37.3 Å². The van der Waals surface area contributed by atoms with E-state index in [1.54, 1.807) is 0 Å². The molecule has 2 saturated heterocycles. The fourth-order valence-corrected chi connectivity index (χ4v) is 3.34. The molecule has 2 rings (SSSR count). The molecule has 0 aromatic rings. The predicted molar refractivity (Wildman–Crippen MR) is 78.0 cm³/mol. The minimum absolute atomic E-state index is 0.326. The second-order valence-corrected chi connectivity index (χ2v) is 6.94. The number of piperazine rings is 1. The highest BCUT2D eigenvalue weighted by atomic mass is 15.3. The Labute approximate surface area is 113 Å². The smallest absolute Gasteiger partial charge is 0.0277 e. The molecule has 0 aromatic heterocycles. The molecule has 2 atom stereocenters. The van der Waals surface area contributed by atoms with Crippen molar-refractivity contribution in [3.8, 4) is 0 Å². The maximum Gasteiger partial charge on any atom is 0.0277 e. The lowest BCUT2D eigenvalue weighted by Crippen LogP contribution is -2.60. The van der Waals surface area contributed by atoms with E-state index in [0.717, 1.165) is 6.04 Å². The first-order chi connectivity index (χ1) is 8.49. The Kier molecular flexibility index (Phi) is 4.68. The number of hydrogen-bond acceptors (Lipinski definition) is 3. The van der Waals surface area contributed by atoms with Gasteiger partial charge in [0.05, 0.1) is 0 Å². The first-order valence-electron chi connectivity index (χ1n) is 7.68. The molecule has 2 heterocycles. The fraction of sp³-hybridized carbons (Fsp3) is 1.00. The van der Waals surface area contributed by atoms with Gasteiger partial charge in [-0.15, -0.1) is 0 Å². The standard InChI is InChI=1S/C15H31N3/c1-13(11-14-7-5-6-8-16-14)18-10-9-17(4)15(2,3)12-18/h13-14,16H,5-12H2,1-4H3. The van der Waals surface area contributed by atoms with E-state index in [9.17, 15) is 0 Å². The van der Waals surface area contributed by atoms with Crippen molar-refractivity contribution >= 4 is 0 Å². The van der Waals surface area contributed by atoms with Gasteiger partial charge in [-0.2, -0.15) is 0 Å². The lowest BCUT2D eigenvalue weighted by atomic mass is 9.94. The highest BCUT2D eigenvalue weighted by Crippen LogP contribution is 2.23. The van der Waals surface area contributed by atoms with Crippen LogP contribution in [-0.4, -0.2) is 60.6 Å². The Morgan fingerprint density at radius 1 is 1.28 bits per heavy atom. The van der Waals surface area contributed by atoms with E-state index in [2.05, 4.69) is 42.9 Å². The second kappa shape index (κ2) is 5.89. The van der Waals surface area contributed by atoms with Crippen molar-refractivity contribution in [2.45, 2.75) is 64.1 Å². The fourth-order valence-electron chi connectivity index (χ4n) is 3.34. The number of nitrogens with zero attached hydrogens (tertiary/aromatic N) is 2. The van der Waals surface area contributed by atoms with Gasteiger partial charge in [-0.1, -0.05) is 6.42 Å². The molecule has 2 aliphatic rings. The molecule has 3 heteroatoms. The Balaban J connectivity index is 1.83. The Bertz CT molecular complexity index is 258. The number of hydrogen-bond donors (Lipinski definition) is 1. The SMILES string of the molecule is CC(CC1CCCCN1)N1CCN(C)C(C)(C)C1. The maximum absolute atomic E-state index is 3.68. The van der Waals surface area contributed by atoms with Gasteiger partial charge in [-0.3, -0.25) is 9.80 Å². The van der Waals surface area contributed by atoms with E-state index in [0.29, 0.717) is 11.6 Å². The molecule has 2 aliphatic heterocycles. The third kappa shape index (κ3) is 3.46. The first-order valence-corrected chi connectivity index (χ1v) is 7.68. The van der Waals surface area contributed by atoms with Gasteiger partial charge in [-0.05, 0) is 53.6 Å². The summed E-state index contributed by atoms with van der Waals surface area (Å²) in [5.74, 6) is 0. The molecule has 0 amide bonds. The number of rotatable bonds is 3. The van der Waals surface area contributed by atoms with Gasteiger partial charge >= 0.3 is 0 Å². The molecule has 0 saturated carbocycles. The zero-order valence-corrected chi connectivity index (χ0v) is 12.7. The van der Waals surface area contributed by atoms with Crippen LogP contribution in [0.15, 0.2) is 0 Å². The molecule has 0 spiro atoms. The van der Waals surface area contributed by atoms with Crippen molar-refractivity contribution < 1.29 is 0 Å². The summed E-state index contributed by atoms with van der Waals surface area (Å²) in [5, 5.41) is 3.68. The average Bonchev–Trinajstić information content (AvgIpc) is 2.34. The van der Waals surface area contributed by atoms with Crippen molar-refractivity contribution in [1.29, 1.82) is 0 Å². The summed E-state index contributed by atoms with van der Waals surface area (Å²) in [6.07, 6.45) is 5.48. The Morgan fingerprint density at radius 2 is 2.06 bits per heavy atom. The molecular formula is C15H31N3. The molecule has 0 radical (unpaired) electrons. The lowest BCUT2D eigenvalue weighted by Gasteiger charge is -2.48. The first kappa shape index (κ1) is 14.3. The van der Waals surface area contributed by atoms with Gasteiger partial charge in [0.1, 0.15) is 0 Å². The van der Waals surface area contributed by atoms with Crippen molar-refractivity contribution in [1.82, 2.24) is 15.1 Å². The molecule has 0 bridgehead atoms. The highest BCUT2D eigenvalue weighted by Gasteiger charge is 2.33. The van der Waals surface area contributed by atoms with Crippen molar-refractivity contribution in [2.75, 3.05) is 33.2 Å². The van der Waals surface area contributed by atoms with Crippen LogP contribution >= 0.6 is 0 Å². The lowest BCUT2D eigenvalue weighted by molar-refractivity contribution is 0.0160. The van der Waals surface area contributed by atoms with Crippen LogP contribution in [0, 0.1) is 0 Å². The van der Waals surface area contributed by atoms with Crippen LogP contribution in [0.3, 0.4) is 0 Å². The van der Waals surface area contributed by atoms with Crippen LogP contribution in [-0.2, 0) is 0 Å². The summed E-state index contributed by atoms with van der Waals surface area (Å²) in [6, 6.07) is 1.48. The van der Waals surface area contributed by atoms with Crippen LogP contribution in [0.4, 0.5) is 0 Å². The highest BCUT2D eigenvalue weighted by molar-refractivity contribution is 4.91. The second-order valence-electron chi connectivity index (χ2n) is 6.94. The Morgan fingerprint density at radius 3 is 2.67 bits per heavy atom. The van der Waals surface area contributed by atoms with Crippen LogP contribution in [0.25, 0.3) is 0 Å². The number of piperidine rings is 1. The van der Waals surface area contributed by atoms with Gasteiger partial charge in [0.15, 0.2) is 0 Å². The Hall–Kier alpha value is -0.120. The number of likely N-dealkylation sites (N-methyl/N-ethyl adjacent to an activating group) is 1. The van der Waals surface area contributed by atoms with E-state index in [-0.39, 0.29) is 0 Å². The molecule has 0 aliphatic carbocycles. The molecule has 2 fully saturated rings. The normalized spacial score (nSPS) is 32.3. The molecule has 18 heavy (non-hydrogen) atoms. The van der Waals surface area contributed by atoms with Crippen molar-refractivity contribution in [3.63, 3.8) is 0 Å². The third-order valence-corrected chi connectivity index (χ3v) is 5.01.